The van der Waals surface area contributed by atoms with Crippen LogP contribution < -0.4 is 5.32 Å². The van der Waals surface area contributed by atoms with Gasteiger partial charge < -0.3 is 5.32 Å². The quantitative estimate of drug-likeness (QED) is 0.652. The van der Waals surface area contributed by atoms with E-state index in [4.69, 9.17) is 11.6 Å². The van der Waals surface area contributed by atoms with Gasteiger partial charge in [0, 0.05) is 24.7 Å². The highest BCUT2D eigenvalue weighted by Gasteiger charge is 2.32. The third-order valence-electron chi connectivity index (χ3n) is 6.15. The molecule has 1 atom stereocenters. The van der Waals surface area contributed by atoms with Crippen molar-refractivity contribution >= 4 is 27.5 Å². The van der Waals surface area contributed by atoms with E-state index in [1.807, 2.05) is 0 Å². The average Bonchev–Trinajstić information content (AvgIpc) is 2.68. The Bertz CT molecular complexity index is 805. The lowest BCUT2D eigenvalue weighted by Crippen LogP contribution is -2.44. The zero-order valence-electron chi connectivity index (χ0n) is 18.7. The Morgan fingerprint density at radius 1 is 1.10 bits per heavy atom. The zero-order valence-corrected chi connectivity index (χ0v) is 20.2. The van der Waals surface area contributed by atoms with Gasteiger partial charge in [0.1, 0.15) is 0 Å². The van der Waals surface area contributed by atoms with Crippen LogP contribution >= 0.6 is 11.6 Å². The number of piperidine rings is 1. The van der Waals surface area contributed by atoms with E-state index in [0.29, 0.717) is 30.2 Å². The van der Waals surface area contributed by atoms with E-state index in [1.165, 1.54) is 19.3 Å². The first-order valence-corrected chi connectivity index (χ1v) is 12.6. The monoisotopic (exact) mass is 467 g/mol. The Hall–Kier alpha value is -1.11. The SMILES string of the molecule is Cc1c(Cl)cccc1S(=O)(=O)N1CCCC(CNC(=O)[C]2CCCCCCC2)C1.[CH2].[CH2]. The lowest BCUT2D eigenvalue weighted by atomic mass is 9.90. The molecule has 1 aliphatic heterocycles. The van der Waals surface area contributed by atoms with Gasteiger partial charge in [0.25, 0.3) is 0 Å². The van der Waals surface area contributed by atoms with Gasteiger partial charge in [-0.15, -0.1) is 0 Å². The molecule has 1 saturated heterocycles. The van der Waals surface area contributed by atoms with E-state index in [9.17, 15) is 13.2 Å². The molecule has 5 radical (unpaired) electrons. The first kappa shape index (κ1) is 27.9. The number of carbonyl (C=O) groups is 1. The van der Waals surface area contributed by atoms with Crippen molar-refractivity contribution in [1.29, 1.82) is 0 Å². The van der Waals surface area contributed by atoms with E-state index >= 15 is 0 Å². The molecule has 2 aliphatic rings. The third kappa shape index (κ3) is 7.19. The maximum atomic E-state index is 13.1. The van der Waals surface area contributed by atoms with Crippen LogP contribution in [0.15, 0.2) is 23.1 Å². The van der Waals surface area contributed by atoms with Crippen LogP contribution in [0.2, 0.25) is 5.02 Å². The van der Waals surface area contributed by atoms with Crippen LogP contribution in [0.25, 0.3) is 0 Å². The van der Waals surface area contributed by atoms with Crippen molar-refractivity contribution in [2.24, 2.45) is 5.92 Å². The molecule has 1 amide bonds. The number of carbonyl (C=O) groups excluding carboxylic acids is 1. The molecule has 0 spiro atoms. The highest BCUT2D eigenvalue weighted by molar-refractivity contribution is 7.89. The fraction of sp³-hybridized carbons (Fsp3) is 0.583. The van der Waals surface area contributed by atoms with Crippen LogP contribution in [0, 0.1) is 33.6 Å². The van der Waals surface area contributed by atoms with Gasteiger partial charge >= 0.3 is 0 Å². The number of nitrogens with one attached hydrogen (secondary N) is 1. The van der Waals surface area contributed by atoms with Gasteiger partial charge in [0.2, 0.25) is 15.9 Å². The van der Waals surface area contributed by atoms with Crippen LogP contribution in [0.1, 0.15) is 63.4 Å². The predicted molar refractivity (Wildman–Crippen MR) is 127 cm³/mol. The van der Waals surface area contributed by atoms with Crippen molar-refractivity contribution in [1.82, 2.24) is 9.62 Å². The second kappa shape index (κ2) is 12.8. The van der Waals surface area contributed by atoms with Gasteiger partial charge in [0.05, 0.1) is 10.8 Å². The zero-order chi connectivity index (χ0) is 20.9. The fourth-order valence-corrected chi connectivity index (χ4v) is 6.37. The molecule has 31 heavy (non-hydrogen) atoms. The summed E-state index contributed by atoms with van der Waals surface area (Å²) in [4.78, 5) is 12.9. The number of nitrogens with zero attached hydrogens (tertiary/aromatic N) is 1. The van der Waals surface area contributed by atoms with E-state index in [2.05, 4.69) is 5.32 Å². The molecule has 7 heteroatoms. The van der Waals surface area contributed by atoms with E-state index in [-0.39, 0.29) is 31.6 Å². The molecule has 1 unspecified atom stereocenters. The topological polar surface area (TPSA) is 66.5 Å². The summed E-state index contributed by atoms with van der Waals surface area (Å²) in [5, 5.41) is 3.55. The fourth-order valence-electron chi connectivity index (χ4n) is 4.34. The smallest absolute Gasteiger partial charge is 0.243 e. The number of halogens is 1. The van der Waals surface area contributed by atoms with Crippen molar-refractivity contribution in [3.05, 3.63) is 49.6 Å². The Labute approximate surface area is 195 Å². The molecule has 0 bridgehead atoms. The normalized spacial score (nSPS) is 21.2. The second-order valence-corrected chi connectivity index (χ2v) is 10.6. The summed E-state index contributed by atoms with van der Waals surface area (Å²) in [5.41, 5.74) is 0.588. The maximum absolute atomic E-state index is 13.1. The van der Waals surface area contributed by atoms with Gasteiger partial charge in [-0.05, 0) is 56.2 Å². The molecular formula is C24H36ClN2O3S. The molecule has 173 valence electrons. The molecule has 1 aliphatic carbocycles. The summed E-state index contributed by atoms with van der Waals surface area (Å²) in [6.07, 6.45) is 9.38. The molecule has 3 rings (SSSR count). The molecular weight excluding hydrogens is 432 g/mol. The second-order valence-electron chi connectivity index (χ2n) is 8.32. The first-order valence-electron chi connectivity index (χ1n) is 10.8. The summed E-state index contributed by atoms with van der Waals surface area (Å²) in [7, 11) is -3.59. The molecule has 1 heterocycles. The molecule has 1 aromatic rings. The van der Waals surface area contributed by atoms with Crippen molar-refractivity contribution in [3.8, 4) is 0 Å². The van der Waals surface area contributed by atoms with Gasteiger partial charge in [-0.3, -0.25) is 4.79 Å². The van der Waals surface area contributed by atoms with Crippen molar-refractivity contribution in [3.63, 3.8) is 0 Å². The van der Waals surface area contributed by atoms with Crippen LogP contribution in [0.4, 0.5) is 0 Å². The third-order valence-corrected chi connectivity index (χ3v) is 8.57. The highest BCUT2D eigenvalue weighted by Crippen LogP contribution is 2.29. The van der Waals surface area contributed by atoms with Crippen molar-refractivity contribution < 1.29 is 13.2 Å². The number of hydrogen-bond acceptors (Lipinski definition) is 3. The molecule has 2 fully saturated rings. The van der Waals surface area contributed by atoms with E-state index < -0.39 is 10.0 Å². The predicted octanol–water partition coefficient (Wildman–Crippen LogP) is 5.14. The Morgan fingerprint density at radius 3 is 2.42 bits per heavy atom. The van der Waals surface area contributed by atoms with E-state index in [1.54, 1.807) is 29.4 Å². The highest BCUT2D eigenvalue weighted by atomic mass is 35.5. The van der Waals surface area contributed by atoms with Crippen LogP contribution in [0.5, 0.6) is 0 Å². The molecule has 0 aromatic heterocycles. The Kier molecular flexibility index (Phi) is 11.5. The lowest BCUT2D eigenvalue weighted by Gasteiger charge is -2.32. The standard InChI is InChI=1S/C22H32ClN2O3S.2CH2/c1-17-20(23)12-7-13-21(17)29(27,28)25-14-8-9-18(16-25)15-24-22(26)19-10-5-3-2-4-6-11-19;;/h7,12-13,18H,2-6,8-11,14-16H2,1H3,(H,24,26);2*1H2. The Morgan fingerprint density at radius 2 is 1.74 bits per heavy atom. The minimum atomic E-state index is -3.59. The number of rotatable bonds is 5. The van der Waals surface area contributed by atoms with Crippen LogP contribution in [0.3, 0.4) is 0 Å². The lowest BCUT2D eigenvalue weighted by molar-refractivity contribution is -0.120. The van der Waals surface area contributed by atoms with Gasteiger partial charge in [0.15, 0.2) is 0 Å². The van der Waals surface area contributed by atoms with Gasteiger partial charge in [-0.25, -0.2) is 8.42 Å². The Balaban J connectivity index is 0.00000240. The molecule has 1 aromatic carbocycles. The summed E-state index contributed by atoms with van der Waals surface area (Å²) >= 11 is 6.13. The molecule has 5 nitrogen and oxygen atoms in total. The first-order chi connectivity index (χ1) is 13.9. The number of amides is 1. The summed E-state index contributed by atoms with van der Waals surface area (Å²) in [6.45, 7) is 3.21. The van der Waals surface area contributed by atoms with Crippen molar-refractivity contribution in [2.45, 2.75) is 69.6 Å². The van der Waals surface area contributed by atoms with E-state index in [0.717, 1.165) is 44.4 Å². The van der Waals surface area contributed by atoms with Crippen LogP contribution in [-0.2, 0) is 14.8 Å². The summed E-state index contributed by atoms with van der Waals surface area (Å²) in [6, 6.07) is 5.00. The number of sulfonamides is 1. The van der Waals surface area contributed by atoms with Crippen LogP contribution in [-0.4, -0.2) is 38.3 Å². The average molecular weight is 468 g/mol. The largest absolute Gasteiger partial charge is 0.355 e. The summed E-state index contributed by atoms with van der Waals surface area (Å²) in [5.74, 6) is 1.22. The summed E-state index contributed by atoms with van der Waals surface area (Å²) < 4.78 is 27.8. The maximum Gasteiger partial charge on any atom is 0.243 e. The number of benzene rings is 1. The molecule has 1 N–H and O–H groups in total. The minimum Gasteiger partial charge on any atom is -0.355 e. The number of hydrogen-bond donors (Lipinski definition) is 1. The van der Waals surface area contributed by atoms with Gasteiger partial charge in [-0.2, -0.15) is 4.31 Å². The molecule has 1 saturated carbocycles. The minimum absolute atomic E-state index is 0. The van der Waals surface area contributed by atoms with Gasteiger partial charge in [-0.1, -0.05) is 64.6 Å². The van der Waals surface area contributed by atoms with Crippen molar-refractivity contribution in [2.75, 3.05) is 19.6 Å².